The minimum absolute atomic E-state index is 0. The van der Waals surface area contributed by atoms with Crippen molar-refractivity contribution < 1.29 is 4.74 Å². The smallest absolute Gasteiger partial charge is 0.121 e. The molecule has 6 heteroatoms. The lowest BCUT2D eigenvalue weighted by molar-refractivity contribution is 0.415. The highest BCUT2D eigenvalue weighted by Gasteiger charge is 2.17. The molecule has 0 bridgehead atoms. The lowest BCUT2D eigenvalue weighted by Gasteiger charge is -2.31. The Morgan fingerprint density at radius 3 is 2.75 bits per heavy atom. The van der Waals surface area contributed by atoms with E-state index in [2.05, 4.69) is 15.2 Å². The number of benzene rings is 1. The van der Waals surface area contributed by atoms with Crippen LogP contribution in [0.3, 0.4) is 0 Å². The Hall–Kier alpha value is -1.23. The fourth-order valence-corrected chi connectivity index (χ4v) is 2.74. The molecule has 0 radical (unpaired) electrons. The van der Waals surface area contributed by atoms with Gasteiger partial charge in [-0.2, -0.15) is 0 Å². The van der Waals surface area contributed by atoms with E-state index in [0.717, 1.165) is 48.5 Å². The van der Waals surface area contributed by atoms with E-state index in [1.165, 1.54) is 0 Å². The van der Waals surface area contributed by atoms with Crippen molar-refractivity contribution in [1.82, 2.24) is 10.3 Å². The van der Waals surface area contributed by atoms with Gasteiger partial charge in [0.1, 0.15) is 5.75 Å². The molecule has 0 amide bonds. The van der Waals surface area contributed by atoms with Gasteiger partial charge in [0, 0.05) is 43.8 Å². The van der Waals surface area contributed by atoms with Crippen molar-refractivity contribution in [2.45, 2.75) is 0 Å². The zero-order chi connectivity index (χ0) is 13.2. The van der Waals surface area contributed by atoms with Gasteiger partial charge in [0.25, 0.3) is 0 Å². The molecule has 20 heavy (non-hydrogen) atoms. The minimum Gasteiger partial charge on any atom is -0.497 e. The maximum atomic E-state index is 6.35. The highest BCUT2D eigenvalue weighted by molar-refractivity contribution is 6.34. The summed E-state index contributed by atoms with van der Waals surface area (Å²) in [5, 5.41) is 5.14. The van der Waals surface area contributed by atoms with Crippen molar-refractivity contribution in [3.63, 3.8) is 0 Å². The number of anilines is 1. The summed E-state index contributed by atoms with van der Waals surface area (Å²) >= 11 is 6.35. The van der Waals surface area contributed by atoms with Gasteiger partial charge in [-0.1, -0.05) is 11.6 Å². The van der Waals surface area contributed by atoms with E-state index < -0.39 is 0 Å². The Kier molecular flexibility index (Phi) is 4.91. The van der Waals surface area contributed by atoms with Gasteiger partial charge in [0.2, 0.25) is 0 Å². The first-order chi connectivity index (χ1) is 9.29. The monoisotopic (exact) mass is 313 g/mol. The molecule has 1 aromatic carbocycles. The van der Waals surface area contributed by atoms with Crippen molar-refractivity contribution >= 4 is 40.6 Å². The summed E-state index contributed by atoms with van der Waals surface area (Å²) in [6, 6.07) is 5.92. The molecule has 1 aliphatic heterocycles. The first kappa shape index (κ1) is 15.2. The van der Waals surface area contributed by atoms with Crippen LogP contribution in [-0.2, 0) is 0 Å². The number of hydrogen-bond donors (Lipinski definition) is 1. The zero-order valence-electron chi connectivity index (χ0n) is 11.2. The van der Waals surface area contributed by atoms with E-state index >= 15 is 0 Å². The highest BCUT2D eigenvalue weighted by atomic mass is 35.5. The Morgan fingerprint density at radius 1 is 1.30 bits per heavy atom. The molecule has 2 heterocycles. The molecular formula is C14H17Cl2N3O. The molecule has 1 saturated heterocycles. The van der Waals surface area contributed by atoms with Crippen LogP contribution in [0.4, 0.5) is 5.69 Å². The summed E-state index contributed by atoms with van der Waals surface area (Å²) in [4.78, 5) is 6.71. The maximum Gasteiger partial charge on any atom is 0.121 e. The van der Waals surface area contributed by atoms with E-state index in [1.807, 2.05) is 18.2 Å². The zero-order valence-corrected chi connectivity index (χ0v) is 12.8. The lowest BCUT2D eigenvalue weighted by atomic mass is 10.1. The Bertz CT molecular complexity index is 600. The van der Waals surface area contributed by atoms with Crippen molar-refractivity contribution in [2.24, 2.45) is 0 Å². The standard InChI is InChI=1S/C14H16ClN3O.ClH/c1-19-10-2-3-11-13(8-10)17-9-12(15)14(11)18-6-4-16-5-7-18;/h2-3,8-9,16H,4-7H2,1H3;1H. The Morgan fingerprint density at radius 2 is 2.05 bits per heavy atom. The molecule has 0 spiro atoms. The van der Waals surface area contributed by atoms with Gasteiger partial charge in [0.05, 0.1) is 23.3 Å². The number of rotatable bonds is 2. The van der Waals surface area contributed by atoms with Crippen LogP contribution < -0.4 is 15.0 Å². The van der Waals surface area contributed by atoms with Crippen molar-refractivity contribution in [3.05, 3.63) is 29.4 Å². The number of hydrogen-bond acceptors (Lipinski definition) is 4. The molecule has 1 fully saturated rings. The molecule has 1 aromatic heterocycles. The predicted molar refractivity (Wildman–Crippen MR) is 85.6 cm³/mol. The molecule has 4 nitrogen and oxygen atoms in total. The molecule has 3 rings (SSSR count). The second-order valence-electron chi connectivity index (χ2n) is 4.57. The summed E-state index contributed by atoms with van der Waals surface area (Å²) in [6.45, 7) is 3.89. The molecule has 0 saturated carbocycles. The van der Waals surface area contributed by atoms with Crippen LogP contribution in [0.1, 0.15) is 0 Å². The van der Waals surface area contributed by atoms with Crippen molar-refractivity contribution in [3.8, 4) is 5.75 Å². The third-order valence-corrected chi connectivity index (χ3v) is 3.71. The molecular weight excluding hydrogens is 297 g/mol. The molecule has 108 valence electrons. The van der Waals surface area contributed by atoms with Gasteiger partial charge in [-0.05, 0) is 12.1 Å². The van der Waals surface area contributed by atoms with E-state index in [0.29, 0.717) is 5.02 Å². The van der Waals surface area contributed by atoms with Crippen LogP contribution in [0, 0.1) is 0 Å². The summed E-state index contributed by atoms with van der Waals surface area (Å²) in [6.07, 6.45) is 1.72. The number of aromatic nitrogens is 1. The molecule has 2 aromatic rings. The normalized spacial score (nSPS) is 15.0. The Labute approximate surface area is 129 Å². The second-order valence-corrected chi connectivity index (χ2v) is 4.98. The number of piperazine rings is 1. The van der Waals surface area contributed by atoms with Crippen LogP contribution >= 0.6 is 24.0 Å². The third-order valence-electron chi connectivity index (χ3n) is 3.44. The van der Waals surface area contributed by atoms with E-state index in [1.54, 1.807) is 13.3 Å². The van der Waals surface area contributed by atoms with E-state index in [4.69, 9.17) is 16.3 Å². The second kappa shape index (κ2) is 6.48. The average molecular weight is 314 g/mol. The number of nitrogens with zero attached hydrogens (tertiary/aromatic N) is 2. The largest absolute Gasteiger partial charge is 0.497 e. The third kappa shape index (κ3) is 2.77. The molecule has 0 aliphatic carbocycles. The lowest BCUT2D eigenvalue weighted by Crippen LogP contribution is -2.43. The van der Waals surface area contributed by atoms with Gasteiger partial charge in [-0.3, -0.25) is 4.98 Å². The summed E-state index contributed by atoms with van der Waals surface area (Å²) < 4.78 is 5.24. The van der Waals surface area contributed by atoms with Crippen LogP contribution in [-0.4, -0.2) is 38.3 Å². The van der Waals surface area contributed by atoms with E-state index in [-0.39, 0.29) is 12.4 Å². The fourth-order valence-electron chi connectivity index (χ4n) is 2.47. The number of nitrogens with one attached hydrogen (secondary N) is 1. The molecule has 0 atom stereocenters. The Balaban J connectivity index is 0.00000147. The van der Waals surface area contributed by atoms with Crippen molar-refractivity contribution in [2.75, 3.05) is 38.2 Å². The number of methoxy groups -OCH3 is 1. The SMILES string of the molecule is COc1ccc2c(N3CCNCC3)c(Cl)cnc2c1.Cl. The molecule has 1 aliphatic rings. The number of pyridine rings is 1. The average Bonchev–Trinajstić information content (AvgIpc) is 2.47. The van der Waals surface area contributed by atoms with Crippen LogP contribution in [0.2, 0.25) is 5.02 Å². The van der Waals surface area contributed by atoms with Gasteiger partial charge < -0.3 is 15.0 Å². The molecule has 0 unspecified atom stereocenters. The first-order valence-corrected chi connectivity index (χ1v) is 6.75. The summed E-state index contributed by atoms with van der Waals surface area (Å²) in [5.41, 5.74) is 1.99. The first-order valence-electron chi connectivity index (χ1n) is 6.37. The number of halogens is 2. The van der Waals surface area contributed by atoms with Gasteiger partial charge in [-0.25, -0.2) is 0 Å². The van der Waals surface area contributed by atoms with Gasteiger partial charge in [-0.15, -0.1) is 12.4 Å². The van der Waals surface area contributed by atoms with Crippen LogP contribution in [0.25, 0.3) is 10.9 Å². The minimum atomic E-state index is 0. The van der Waals surface area contributed by atoms with Crippen LogP contribution in [0.15, 0.2) is 24.4 Å². The molecule has 1 N–H and O–H groups in total. The van der Waals surface area contributed by atoms with Crippen LogP contribution in [0.5, 0.6) is 5.75 Å². The quantitative estimate of drug-likeness (QED) is 0.925. The summed E-state index contributed by atoms with van der Waals surface area (Å²) in [7, 11) is 1.66. The summed E-state index contributed by atoms with van der Waals surface area (Å²) in [5.74, 6) is 0.814. The van der Waals surface area contributed by atoms with Crippen molar-refractivity contribution in [1.29, 1.82) is 0 Å². The maximum absolute atomic E-state index is 6.35. The topological polar surface area (TPSA) is 37.4 Å². The number of ether oxygens (including phenoxy) is 1. The predicted octanol–water partition coefficient (Wildman–Crippen LogP) is 2.73. The van der Waals surface area contributed by atoms with Gasteiger partial charge in [0.15, 0.2) is 0 Å². The highest BCUT2D eigenvalue weighted by Crippen LogP contribution is 2.34. The fraction of sp³-hybridized carbons (Fsp3) is 0.357. The van der Waals surface area contributed by atoms with Gasteiger partial charge >= 0.3 is 0 Å². The number of fused-ring (bicyclic) bond motifs is 1. The van der Waals surface area contributed by atoms with E-state index in [9.17, 15) is 0 Å².